The summed E-state index contributed by atoms with van der Waals surface area (Å²) in [5, 5.41) is 26.6. The second-order valence-electron chi connectivity index (χ2n) is 11.9. The lowest BCUT2D eigenvalue weighted by atomic mass is 9.95. The number of carbonyl (C=O) groups is 3. The quantitative estimate of drug-likeness (QED) is 0.0380. The number of guanidine groups is 1. The molecule has 14 heteroatoms. The van der Waals surface area contributed by atoms with Gasteiger partial charge in [-0.25, -0.2) is 0 Å². The summed E-state index contributed by atoms with van der Waals surface area (Å²) in [6.07, 6.45) is 2.10. The van der Waals surface area contributed by atoms with Crippen molar-refractivity contribution in [2.75, 3.05) is 72.6 Å². The highest BCUT2D eigenvalue weighted by Crippen LogP contribution is 2.35. The van der Waals surface area contributed by atoms with Crippen LogP contribution in [0.1, 0.15) is 50.6 Å². The van der Waals surface area contributed by atoms with Gasteiger partial charge < -0.3 is 50.5 Å². The lowest BCUT2D eigenvalue weighted by Crippen LogP contribution is -2.39. The van der Waals surface area contributed by atoms with E-state index in [2.05, 4.69) is 22.9 Å². The van der Waals surface area contributed by atoms with Crippen LogP contribution in [0.4, 0.5) is 0 Å². The summed E-state index contributed by atoms with van der Waals surface area (Å²) in [6, 6.07) is 18.4. The largest absolute Gasteiger partial charge is 0.491 e. The molecule has 0 aliphatic heterocycles. The molecular weight excluding hydrogens is 670 g/mol. The summed E-state index contributed by atoms with van der Waals surface area (Å²) in [6.45, 7) is 6.91. The maximum absolute atomic E-state index is 12.6. The van der Waals surface area contributed by atoms with Crippen molar-refractivity contribution in [3.63, 3.8) is 0 Å². The van der Waals surface area contributed by atoms with Crippen LogP contribution < -0.4 is 26.4 Å². The number of carbonyl (C=O) groups excluding carboxylic acids is 2. The third-order valence-electron chi connectivity index (χ3n) is 7.76. The number of hydrogen-bond donors (Lipinski definition) is 6. The molecule has 1 atom stereocenters. The van der Waals surface area contributed by atoms with Crippen molar-refractivity contribution in [3.05, 3.63) is 66.2 Å². The van der Waals surface area contributed by atoms with Gasteiger partial charge >= 0.3 is 5.97 Å². The number of ether oxygens (including phenoxy) is 5. The number of amides is 2. The van der Waals surface area contributed by atoms with Gasteiger partial charge in [0.25, 0.3) is 0 Å². The molecule has 2 amide bonds. The highest BCUT2D eigenvalue weighted by Gasteiger charge is 2.19. The number of fused-ring (bicyclic) bond motifs is 1. The van der Waals surface area contributed by atoms with Crippen molar-refractivity contribution < 1.29 is 43.2 Å². The maximum atomic E-state index is 12.6. The highest BCUT2D eigenvalue weighted by atomic mass is 16.6. The van der Waals surface area contributed by atoms with E-state index >= 15 is 0 Å². The molecule has 52 heavy (non-hydrogen) atoms. The minimum absolute atomic E-state index is 0.126. The molecule has 7 N–H and O–H groups in total. The molecule has 3 rings (SSSR count). The molecule has 284 valence electrons. The van der Waals surface area contributed by atoms with E-state index in [0.717, 1.165) is 40.7 Å². The number of rotatable bonds is 27. The van der Waals surface area contributed by atoms with Crippen LogP contribution in [-0.2, 0) is 33.3 Å². The number of carboxylic acid groups (broad SMARTS) is 1. The SMILES string of the molecule is CCCOCCOCCOCCOCCOc1ccc(-c2ccc([C@H](CC(=O)O)NC(=O)CNC(=O)CCCCNC(=N)N)cc2)c2ccccc12. The first-order valence-electron chi connectivity index (χ1n) is 17.7. The number of benzene rings is 3. The minimum atomic E-state index is -1.07. The van der Waals surface area contributed by atoms with Crippen molar-refractivity contribution >= 4 is 34.5 Å². The van der Waals surface area contributed by atoms with E-state index in [1.165, 1.54) is 0 Å². The Morgan fingerprint density at radius 3 is 1.98 bits per heavy atom. The van der Waals surface area contributed by atoms with Gasteiger partial charge in [0.2, 0.25) is 11.8 Å². The number of nitrogens with one attached hydrogen (secondary N) is 4. The van der Waals surface area contributed by atoms with Crippen molar-refractivity contribution in [2.24, 2.45) is 5.73 Å². The van der Waals surface area contributed by atoms with Gasteiger partial charge in [0.15, 0.2) is 5.96 Å². The Morgan fingerprint density at radius 2 is 1.37 bits per heavy atom. The first-order valence-corrected chi connectivity index (χ1v) is 17.7. The normalized spacial score (nSPS) is 11.6. The second kappa shape index (κ2) is 24.4. The smallest absolute Gasteiger partial charge is 0.305 e. The fourth-order valence-corrected chi connectivity index (χ4v) is 5.23. The molecule has 0 saturated carbocycles. The molecule has 0 radical (unpaired) electrons. The predicted molar refractivity (Wildman–Crippen MR) is 198 cm³/mol. The van der Waals surface area contributed by atoms with Crippen molar-refractivity contribution in [1.82, 2.24) is 16.0 Å². The van der Waals surface area contributed by atoms with Crippen LogP contribution in [0.2, 0.25) is 0 Å². The first kappa shape index (κ1) is 41.7. The Hall–Kier alpha value is -4.76. The molecular formula is C38H53N5O9. The molecule has 0 bridgehead atoms. The van der Waals surface area contributed by atoms with Crippen molar-refractivity contribution in [2.45, 2.75) is 45.1 Å². The zero-order chi connectivity index (χ0) is 37.4. The summed E-state index contributed by atoms with van der Waals surface area (Å²) in [5.74, 6) is -1.25. The maximum Gasteiger partial charge on any atom is 0.305 e. The molecule has 0 heterocycles. The zero-order valence-electron chi connectivity index (χ0n) is 30.0. The van der Waals surface area contributed by atoms with Crippen molar-refractivity contribution in [3.8, 4) is 16.9 Å². The van der Waals surface area contributed by atoms with Gasteiger partial charge in [-0.15, -0.1) is 0 Å². The van der Waals surface area contributed by atoms with Gasteiger partial charge in [-0.3, -0.25) is 19.8 Å². The third kappa shape index (κ3) is 16.1. The van der Waals surface area contributed by atoms with Crippen LogP contribution in [-0.4, -0.2) is 101 Å². The Morgan fingerprint density at radius 1 is 0.750 bits per heavy atom. The lowest BCUT2D eigenvalue weighted by molar-refractivity contribution is -0.138. The van der Waals surface area contributed by atoms with Gasteiger partial charge in [0.05, 0.1) is 65.3 Å². The summed E-state index contributed by atoms with van der Waals surface area (Å²) < 4.78 is 28.1. The van der Waals surface area contributed by atoms with Crippen LogP contribution in [0.3, 0.4) is 0 Å². The van der Waals surface area contributed by atoms with Crippen LogP contribution in [0.15, 0.2) is 60.7 Å². The van der Waals surface area contributed by atoms with Crippen LogP contribution >= 0.6 is 0 Å². The fraction of sp³-hybridized carbons (Fsp3) is 0.474. The van der Waals surface area contributed by atoms with Crippen LogP contribution in [0.25, 0.3) is 21.9 Å². The molecule has 0 unspecified atom stereocenters. The van der Waals surface area contributed by atoms with Gasteiger partial charge in [0.1, 0.15) is 12.4 Å². The molecule has 0 aliphatic rings. The molecule has 0 aliphatic carbocycles. The number of unbranched alkanes of at least 4 members (excludes halogenated alkanes) is 1. The lowest BCUT2D eigenvalue weighted by Gasteiger charge is -2.19. The Kier molecular flexibility index (Phi) is 19.6. The average Bonchev–Trinajstić information content (AvgIpc) is 3.13. The van der Waals surface area contributed by atoms with E-state index < -0.39 is 17.9 Å². The molecule has 0 spiro atoms. The average molecular weight is 724 g/mol. The fourth-order valence-electron chi connectivity index (χ4n) is 5.23. The Balaban J connectivity index is 1.48. The van der Waals surface area contributed by atoms with E-state index in [1.54, 1.807) is 12.1 Å². The van der Waals surface area contributed by atoms with Gasteiger partial charge in [-0.05, 0) is 47.4 Å². The molecule has 3 aromatic rings. The summed E-state index contributed by atoms with van der Waals surface area (Å²) in [4.78, 5) is 36.4. The summed E-state index contributed by atoms with van der Waals surface area (Å²) in [5.41, 5.74) is 7.74. The number of aliphatic carboxylic acids is 1. The van der Waals surface area contributed by atoms with E-state index in [1.807, 2.05) is 48.5 Å². The number of nitrogens with two attached hydrogens (primary N) is 1. The number of carboxylic acids is 1. The molecule has 3 aromatic carbocycles. The van der Waals surface area contributed by atoms with E-state index in [4.69, 9.17) is 34.8 Å². The number of hydrogen-bond acceptors (Lipinski definition) is 9. The second-order valence-corrected chi connectivity index (χ2v) is 11.9. The Bertz CT molecular complexity index is 1540. The predicted octanol–water partition coefficient (Wildman–Crippen LogP) is 3.76. The first-order chi connectivity index (χ1) is 25.3. The molecule has 0 fully saturated rings. The van der Waals surface area contributed by atoms with Crippen LogP contribution in [0, 0.1) is 5.41 Å². The topological polar surface area (TPSA) is 204 Å². The minimum Gasteiger partial charge on any atom is -0.491 e. The van der Waals surface area contributed by atoms with Gasteiger partial charge in [0, 0.05) is 25.0 Å². The standard InChI is InChI=1S/C38H53N5O9/c1-2-17-48-18-19-49-20-21-50-22-23-51-24-25-52-34-15-14-30(31-7-3-4-8-32(31)34)28-10-12-29(13-11-28)33(26-37(46)47)43-36(45)27-42-35(44)9-5-6-16-41-38(39)40/h3-4,7-8,10-15,33H,2,5-6,9,16-27H2,1H3,(H,42,44)(H,43,45)(H,46,47)(H4,39,40,41)/t33-/m0/s1. The van der Waals surface area contributed by atoms with Crippen LogP contribution in [0.5, 0.6) is 5.75 Å². The third-order valence-corrected chi connectivity index (χ3v) is 7.76. The zero-order valence-corrected chi connectivity index (χ0v) is 30.0. The Labute approximate surface area is 305 Å². The van der Waals surface area contributed by atoms with Crippen molar-refractivity contribution in [1.29, 1.82) is 5.41 Å². The molecule has 14 nitrogen and oxygen atoms in total. The highest BCUT2D eigenvalue weighted by molar-refractivity contribution is 6.00. The summed E-state index contributed by atoms with van der Waals surface area (Å²) in [7, 11) is 0. The molecule has 0 aromatic heterocycles. The summed E-state index contributed by atoms with van der Waals surface area (Å²) >= 11 is 0. The van der Waals surface area contributed by atoms with Gasteiger partial charge in [-0.1, -0.05) is 61.5 Å². The monoisotopic (exact) mass is 723 g/mol. The van der Waals surface area contributed by atoms with E-state index in [0.29, 0.717) is 77.8 Å². The van der Waals surface area contributed by atoms with E-state index in [9.17, 15) is 19.5 Å². The molecule has 0 saturated heterocycles. The van der Waals surface area contributed by atoms with E-state index in [-0.39, 0.29) is 31.3 Å². The van der Waals surface area contributed by atoms with Gasteiger partial charge in [-0.2, -0.15) is 0 Å².